The molecule has 3 aromatic rings. The lowest BCUT2D eigenvalue weighted by Crippen LogP contribution is -2.31. The second kappa shape index (κ2) is 5.33. The molecule has 5 nitrogen and oxygen atoms in total. The lowest BCUT2D eigenvalue weighted by Gasteiger charge is -2.09. The molecule has 0 radical (unpaired) electrons. The van der Waals surface area contributed by atoms with Crippen LogP contribution in [-0.4, -0.2) is 27.1 Å². The summed E-state index contributed by atoms with van der Waals surface area (Å²) in [5.74, 6) is 0. The third-order valence-electron chi connectivity index (χ3n) is 3.22. The highest BCUT2D eigenvalue weighted by Gasteiger charge is 2.18. The molecule has 0 aliphatic rings. The number of rotatable bonds is 2. The minimum atomic E-state index is -1.63. The minimum absolute atomic E-state index is 0.316. The summed E-state index contributed by atoms with van der Waals surface area (Å²) in [7, 11) is -1.63. The molecular weight excluding hydrogens is 265 g/mol. The van der Waals surface area contributed by atoms with Crippen LogP contribution in [-0.2, 0) is 0 Å². The fraction of sp³-hybridized carbons (Fsp3) is 0. The lowest BCUT2D eigenvalue weighted by atomic mass is 9.77. The summed E-state index contributed by atoms with van der Waals surface area (Å²) in [5, 5.41) is 28.9. The second-order valence-corrected chi connectivity index (χ2v) is 4.50. The van der Waals surface area contributed by atoms with E-state index in [1.54, 1.807) is 48.7 Å². The molecule has 6 heteroatoms. The van der Waals surface area contributed by atoms with Gasteiger partial charge in [-0.15, -0.1) is 0 Å². The number of hydrogen-bond acceptors (Lipinski definition) is 5. The Hall–Kier alpha value is -2.75. The van der Waals surface area contributed by atoms with Gasteiger partial charge in [-0.1, -0.05) is 24.3 Å². The van der Waals surface area contributed by atoms with Crippen LogP contribution in [0.15, 0.2) is 48.7 Å². The molecule has 0 atom stereocenters. The summed E-state index contributed by atoms with van der Waals surface area (Å²) >= 11 is 0. The van der Waals surface area contributed by atoms with Gasteiger partial charge in [0.2, 0.25) is 0 Å². The Morgan fingerprint density at radius 2 is 1.90 bits per heavy atom. The van der Waals surface area contributed by atoms with Crippen molar-refractivity contribution in [1.82, 2.24) is 9.97 Å². The molecule has 1 aromatic carbocycles. The molecule has 0 fully saturated rings. The standard InChI is InChI=1S/C15H10BN3O2/c17-9-10-4-1-2-5-11(10)14-8-13(16(20)21)12-6-3-7-18-15(12)19-14/h1-8,20-21H. The highest BCUT2D eigenvalue weighted by Crippen LogP contribution is 2.22. The number of benzene rings is 1. The van der Waals surface area contributed by atoms with Gasteiger partial charge in [-0.25, -0.2) is 9.97 Å². The summed E-state index contributed by atoms with van der Waals surface area (Å²) in [5.41, 5.74) is 2.32. The zero-order valence-electron chi connectivity index (χ0n) is 10.9. The first-order chi connectivity index (χ1) is 10.2. The zero-order chi connectivity index (χ0) is 14.8. The maximum Gasteiger partial charge on any atom is 0.489 e. The largest absolute Gasteiger partial charge is 0.489 e. The molecule has 2 aromatic heterocycles. The van der Waals surface area contributed by atoms with Gasteiger partial charge >= 0.3 is 7.12 Å². The number of nitrogens with zero attached hydrogens (tertiary/aromatic N) is 3. The van der Waals surface area contributed by atoms with Crippen molar-refractivity contribution >= 4 is 23.6 Å². The molecule has 0 saturated carbocycles. The quantitative estimate of drug-likeness (QED) is 0.676. The Morgan fingerprint density at radius 1 is 1.10 bits per heavy atom. The van der Waals surface area contributed by atoms with Crippen LogP contribution in [0.25, 0.3) is 22.3 Å². The smallest absolute Gasteiger partial charge is 0.423 e. The van der Waals surface area contributed by atoms with E-state index in [1.807, 2.05) is 0 Å². The highest BCUT2D eigenvalue weighted by molar-refractivity contribution is 6.62. The van der Waals surface area contributed by atoms with E-state index in [2.05, 4.69) is 16.0 Å². The van der Waals surface area contributed by atoms with Crippen LogP contribution in [0.2, 0.25) is 0 Å². The van der Waals surface area contributed by atoms with Gasteiger partial charge in [-0.2, -0.15) is 5.26 Å². The number of pyridine rings is 2. The monoisotopic (exact) mass is 275 g/mol. The van der Waals surface area contributed by atoms with E-state index in [0.29, 0.717) is 33.3 Å². The molecular formula is C15H10BN3O2. The molecule has 2 heterocycles. The fourth-order valence-corrected chi connectivity index (χ4v) is 2.24. The molecule has 0 spiro atoms. The zero-order valence-corrected chi connectivity index (χ0v) is 10.9. The van der Waals surface area contributed by atoms with E-state index >= 15 is 0 Å². The van der Waals surface area contributed by atoms with Crippen LogP contribution in [0.1, 0.15) is 5.56 Å². The van der Waals surface area contributed by atoms with Crippen LogP contribution in [0, 0.1) is 11.3 Å². The molecule has 2 N–H and O–H groups in total. The van der Waals surface area contributed by atoms with Gasteiger partial charge in [0.25, 0.3) is 0 Å². The van der Waals surface area contributed by atoms with Crippen molar-refractivity contribution in [1.29, 1.82) is 5.26 Å². The average molecular weight is 275 g/mol. The third kappa shape index (κ3) is 2.36. The average Bonchev–Trinajstić information content (AvgIpc) is 2.53. The Bertz CT molecular complexity index is 859. The lowest BCUT2D eigenvalue weighted by molar-refractivity contribution is 0.426. The molecule has 0 aliphatic heterocycles. The second-order valence-electron chi connectivity index (χ2n) is 4.50. The van der Waals surface area contributed by atoms with Gasteiger partial charge in [0.05, 0.1) is 17.3 Å². The first kappa shape index (κ1) is 13.2. The van der Waals surface area contributed by atoms with Gasteiger partial charge in [0.1, 0.15) is 0 Å². The van der Waals surface area contributed by atoms with Gasteiger partial charge < -0.3 is 10.0 Å². The predicted octanol–water partition coefficient (Wildman–Crippen LogP) is 0.848. The first-order valence-electron chi connectivity index (χ1n) is 6.32. The third-order valence-corrected chi connectivity index (χ3v) is 3.22. The van der Waals surface area contributed by atoms with Crippen LogP contribution in [0.5, 0.6) is 0 Å². The Balaban J connectivity index is 2.32. The van der Waals surface area contributed by atoms with Crippen molar-refractivity contribution in [2.75, 3.05) is 0 Å². The molecule has 21 heavy (non-hydrogen) atoms. The van der Waals surface area contributed by atoms with E-state index in [9.17, 15) is 15.3 Å². The SMILES string of the molecule is N#Cc1ccccc1-c1cc(B(O)O)c2cccnc2n1. The van der Waals surface area contributed by atoms with Crippen molar-refractivity contribution in [2.45, 2.75) is 0 Å². The first-order valence-corrected chi connectivity index (χ1v) is 6.32. The Kier molecular flexibility index (Phi) is 3.36. The van der Waals surface area contributed by atoms with Crippen molar-refractivity contribution in [3.8, 4) is 17.3 Å². The van der Waals surface area contributed by atoms with E-state index in [1.165, 1.54) is 0 Å². The molecule has 0 aliphatic carbocycles. The maximum absolute atomic E-state index is 9.55. The van der Waals surface area contributed by atoms with Gasteiger partial charge in [0.15, 0.2) is 5.65 Å². The molecule has 0 amide bonds. The maximum atomic E-state index is 9.55. The van der Waals surface area contributed by atoms with E-state index in [-0.39, 0.29) is 0 Å². The van der Waals surface area contributed by atoms with Gasteiger partial charge in [-0.05, 0) is 23.7 Å². The number of fused-ring (bicyclic) bond motifs is 1. The normalized spacial score (nSPS) is 10.3. The van der Waals surface area contributed by atoms with E-state index in [4.69, 9.17) is 0 Å². The highest BCUT2D eigenvalue weighted by atomic mass is 16.4. The van der Waals surface area contributed by atoms with Crippen molar-refractivity contribution in [2.24, 2.45) is 0 Å². The predicted molar refractivity (Wildman–Crippen MR) is 79.5 cm³/mol. The number of hydrogen-bond donors (Lipinski definition) is 2. The van der Waals surface area contributed by atoms with Gasteiger partial charge in [-0.3, -0.25) is 0 Å². The molecule has 100 valence electrons. The summed E-state index contributed by atoms with van der Waals surface area (Å²) in [6, 6.07) is 14.1. The van der Waals surface area contributed by atoms with Crippen LogP contribution < -0.4 is 5.46 Å². The van der Waals surface area contributed by atoms with E-state index in [0.717, 1.165) is 0 Å². The van der Waals surface area contributed by atoms with Crippen LogP contribution in [0.4, 0.5) is 0 Å². The van der Waals surface area contributed by atoms with Crippen molar-refractivity contribution < 1.29 is 10.0 Å². The molecule has 3 rings (SSSR count). The summed E-state index contributed by atoms with van der Waals surface area (Å²) in [6.45, 7) is 0. The van der Waals surface area contributed by atoms with Crippen LogP contribution >= 0.6 is 0 Å². The molecule has 0 unspecified atom stereocenters. The summed E-state index contributed by atoms with van der Waals surface area (Å²) in [6.07, 6.45) is 1.59. The Labute approximate surface area is 121 Å². The molecule has 0 saturated heterocycles. The summed E-state index contributed by atoms with van der Waals surface area (Å²) in [4.78, 5) is 8.56. The van der Waals surface area contributed by atoms with E-state index < -0.39 is 7.12 Å². The topological polar surface area (TPSA) is 90.0 Å². The summed E-state index contributed by atoms with van der Waals surface area (Å²) < 4.78 is 0. The van der Waals surface area contributed by atoms with Crippen molar-refractivity contribution in [3.05, 3.63) is 54.2 Å². The van der Waals surface area contributed by atoms with Crippen LogP contribution in [0.3, 0.4) is 0 Å². The van der Waals surface area contributed by atoms with Crippen molar-refractivity contribution in [3.63, 3.8) is 0 Å². The number of aromatic nitrogens is 2. The number of nitriles is 1. The van der Waals surface area contributed by atoms with Gasteiger partial charge in [0, 0.05) is 17.1 Å². The molecule has 0 bridgehead atoms. The fourth-order valence-electron chi connectivity index (χ4n) is 2.24. The Morgan fingerprint density at radius 3 is 2.67 bits per heavy atom. The minimum Gasteiger partial charge on any atom is -0.423 e.